The number of amides is 2. The number of para-hydroxylation sites is 1. The molecule has 158 valence electrons. The fraction of sp³-hybridized carbons (Fsp3) is 0.130. The first-order chi connectivity index (χ1) is 15.1. The number of carbonyl (C=O) groups excluding carboxylic acids is 1. The van der Waals surface area contributed by atoms with Crippen molar-refractivity contribution in [1.82, 2.24) is 4.98 Å². The first-order valence-electron chi connectivity index (χ1n) is 9.45. The minimum Gasteiger partial charge on any atom is -0.493 e. The van der Waals surface area contributed by atoms with Crippen molar-refractivity contribution < 1.29 is 19.0 Å². The molecule has 1 aromatic heterocycles. The highest BCUT2D eigenvalue weighted by atomic mass is 32.1. The largest absolute Gasteiger partial charge is 0.493 e. The summed E-state index contributed by atoms with van der Waals surface area (Å²) in [5.41, 5.74) is 3.06. The molecule has 0 aliphatic rings. The van der Waals surface area contributed by atoms with Crippen LogP contribution in [0.3, 0.4) is 0 Å². The number of thiazole rings is 1. The van der Waals surface area contributed by atoms with Crippen molar-refractivity contribution in [3.63, 3.8) is 0 Å². The second-order valence-corrected chi connectivity index (χ2v) is 7.59. The lowest BCUT2D eigenvalue weighted by atomic mass is 10.2. The van der Waals surface area contributed by atoms with Crippen LogP contribution in [0.5, 0.6) is 17.2 Å². The molecule has 0 radical (unpaired) electrons. The highest BCUT2D eigenvalue weighted by Gasteiger charge is 2.15. The molecule has 31 heavy (non-hydrogen) atoms. The maximum atomic E-state index is 12.6. The molecular weight excluding hydrogens is 414 g/mol. The zero-order chi connectivity index (χ0) is 21.8. The van der Waals surface area contributed by atoms with Gasteiger partial charge in [-0.25, -0.2) is 9.78 Å². The average molecular weight is 436 g/mol. The van der Waals surface area contributed by atoms with E-state index in [0.29, 0.717) is 28.6 Å². The minimum atomic E-state index is -0.393. The SMILES string of the molecule is COc1cc(NC(=O)Nc2cccc(-c3nc4ccccc4s3)c2)cc(OC)c1OC. The van der Waals surface area contributed by atoms with E-state index in [2.05, 4.69) is 15.6 Å². The van der Waals surface area contributed by atoms with Gasteiger partial charge in [0.2, 0.25) is 5.75 Å². The van der Waals surface area contributed by atoms with Crippen LogP contribution in [0.15, 0.2) is 60.7 Å². The molecule has 3 aromatic carbocycles. The number of ether oxygens (including phenoxy) is 3. The normalized spacial score (nSPS) is 10.5. The summed E-state index contributed by atoms with van der Waals surface area (Å²) >= 11 is 1.61. The molecule has 0 spiro atoms. The first-order valence-corrected chi connectivity index (χ1v) is 10.3. The quantitative estimate of drug-likeness (QED) is 0.410. The molecule has 4 rings (SSSR count). The van der Waals surface area contributed by atoms with Crippen molar-refractivity contribution in [1.29, 1.82) is 0 Å². The molecule has 8 heteroatoms. The highest BCUT2D eigenvalue weighted by Crippen LogP contribution is 2.40. The first kappa shape index (κ1) is 20.5. The number of aromatic nitrogens is 1. The minimum absolute atomic E-state index is 0.393. The maximum Gasteiger partial charge on any atom is 0.323 e. The lowest BCUT2D eigenvalue weighted by molar-refractivity contribution is 0.262. The Morgan fingerprint density at radius 2 is 1.55 bits per heavy atom. The molecule has 0 bridgehead atoms. The number of methoxy groups -OCH3 is 3. The predicted octanol–water partition coefficient (Wildman–Crippen LogP) is 5.63. The van der Waals surface area contributed by atoms with E-state index in [1.807, 2.05) is 48.5 Å². The summed E-state index contributed by atoms with van der Waals surface area (Å²) in [6.45, 7) is 0. The van der Waals surface area contributed by atoms with Crippen LogP contribution in [0.4, 0.5) is 16.2 Å². The van der Waals surface area contributed by atoms with Gasteiger partial charge in [-0.15, -0.1) is 11.3 Å². The molecule has 2 amide bonds. The van der Waals surface area contributed by atoms with Gasteiger partial charge >= 0.3 is 6.03 Å². The van der Waals surface area contributed by atoms with E-state index in [0.717, 1.165) is 20.8 Å². The number of benzene rings is 3. The number of nitrogens with zero attached hydrogens (tertiary/aromatic N) is 1. The van der Waals surface area contributed by atoms with Crippen LogP contribution in [0.2, 0.25) is 0 Å². The monoisotopic (exact) mass is 435 g/mol. The highest BCUT2D eigenvalue weighted by molar-refractivity contribution is 7.21. The van der Waals surface area contributed by atoms with E-state index in [1.54, 1.807) is 23.5 Å². The van der Waals surface area contributed by atoms with Gasteiger partial charge in [0.15, 0.2) is 11.5 Å². The van der Waals surface area contributed by atoms with Gasteiger partial charge in [-0.1, -0.05) is 24.3 Å². The van der Waals surface area contributed by atoms with Crippen molar-refractivity contribution in [3.8, 4) is 27.8 Å². The van der Waals surface area contributed by atoms with Gasteiger partial charge in [-0.2, -0.15) is 0 Å². The van der Waals surface area contributed by atoms with Crippen LogP contribution in [0.1, 0.15) is 0 Å². The molecule has 1 heterocycles. The van der Waals surface area contributed by atoms with E-state index in [-0.39, 0.29) is 0 Å². The number of fused-ring (bicyclic) bond motifs is 1. The Kier molecular flexibility index (Phi) is 5.90. The molecule has 0 fully saturated rings. The fourth-order valence-corrected chi connectivity index (χ4v) is 4.13. The number of urea groups is 1. The molecule has 4 aromatic rings. The van der Waals surface area contributed by atoms with Gasteiger partial charge in [0, 0.05) is 23.4 Å². The zero-order valence-electron chi connectivity index (χ0n) is 17.3. The maximum absolute atomic E-state index is 12.6. The third kappa shape index (κ3) is 4.39. The summed E-state index contributed by atoms with van der Waals surface area (Å²) < 4.78 is 17.1. The summed E-state index contributed by atoms with van der Waals surface area (Å²) in [5, 5.41) is 6.54. The second kappa shape index (κ2) is 8.93. The van der Waals surface area contributed by atoms with Crippen molar-refractivity contribution >= 4 is 39.0 Å². The third-order valence-corrected chi connectivity index (χ3v) is 5.67. The van der Waals surface area contributed by atoms with Gasteiger partial charge in [0.1, 0.15) is 5.01 Å². The van der Waals surface area contributed by atoms with E-state index in [4.69, 9.17) is 14.2 Å². The van der Waals surface area contributed by atoms with Crippen molar-refractivity contribution in [2.24, 2.45) is 0 Å². The van der Waals surface area contributed by atoms with Crippen LogP contribution < -0.4 is 24.8 Å². The number of rotatable bonds is 6. The van der Waals surface area contributed by atoms with Crippen molar-refractivity contribution in [3.05, 3.63) is 60.7 Å². The lowest BCUT2D eigenvalue weighted by Gasteiger charge is -2.15. The molecule has 0 unspecified atom stereocenters. The van der Waals surface area contributed by atoms with Crippen LogP contribution >= 0.6 is 11.3 Å². The van der Waals surface area contributed by atoms with Crippen molar-refractivity contribution in [2.75, 3.05) is 32.0 Å². The second-order valence-electron chi connectivity index (χ2n) is 6.56. The van der Waals surface area contributed by atoms with E-state index < -0.39 is 6.03 Å². The Bertz CT molecular complexity index is 1180. The third-order valence-electron chi connectivity index (χ3n) is 4.58. The number of hydrogen-bond donors (Lipinski definition) is 2. The molecule has 0 atom stereocenters. The standard InChI is InChI=1S/C23H21N3O4S/c1-28-18-12-16(13-19(29-2)21(18)30-3)25-23(27)24-15-8-6-7-14(11-15)22-26-17-9-4-5-10-20(17)31-22/h4-13H,1-3H3,(H2,24,25,27). The summed E-state index contributed by atoms with van der Waals surface area (Å²) in [4.78, 5) is 17.3. The Balaban J connectivity index is 1.52. The topological polar surface area (TPSA) is 81.7 Å². The lowest BCUT2D eigenvalue weighted by Crippen LogP contribution is -2.19. The number of hydrogen-bond acceptors (Lipinski definition) is 6. The summed E-state index contributed by atoms with van der Waals surface area (Å²) in [6.07, 6.45) is 0. The van der Waals surface area contributed by atoms with Crippen molar-refractivity contribution in [2.45, 2.75) is 0 Å². The smallest absolute Gasteiger partial charge is 0.323 e. The number of anilines is 2. The molecule has 2 N–H and O–H groups in total. The summed E-state index contributed by atoms with van der Waals surface area (Å²) in [6, 6.07) is 18.5. The molecule has 0 saturated heterocycles. The Morgan fingerprint density at radius 3 is 2.23 bits per heavy atom. The molecular formula is C23H21N3O4S. The number of carbonyl (C=O) groups is 1. The predicted molar refractivity (Wildman–Crippen MR) is 124 cm³/mol. The van der Waals surface area contributed by atoms with E-state index in [9.17, 15) is 4.79 Å². The van der Waals surface area contributed by atoms with Gasteiger partial charge in [-0.3, -0.25) is 0 Å². The Morgan fingerprint density at radius 1 is 0.839 bits per heavy atom. The van der Waals surface area contributed by atoms with Gasteiger partial charge in [0.05, 0.1) is 37.2 Å². The van der Waals surface area contributed by atoms with Crippen LogP contribution in [0.25, 0.3) is 20.8 Å². The molecule has 0 aliphatic heterocycles. The number of nitrogens with one attached hydrogen (secondary N) is 2. The van der Waals surface area contributed by atoms with Crippen LogP contribution in [0, 0.1) is 0 Å². The molecule has 0 aliphatic carbocycles. The average Bonchev–Trinajstić information content (AvgIpc) is 3.23. The summed E-state index contributed by atoms with van der Waals surface area (Å²) in [5.74, 6) is 1.37. The zero-order valence-corrected chi connectivity index (χ0v) is 18.1. The van der Waals surface area contributed by atoms with Crippen LogP contribution in [-0.4, -0.2) is 32.3 Å². The molecule has 7 nitrogen and oxygen atoms in total. The van der Waals surface area contributed by atoms with Gasteiger partial charge < -0.3 is 24.8 Å². The molecule has 0 saturated carbocycles. The summed E-state index contributed by atoms with van der Waals surface area (Å²) in [7, 11) is 4.57. The van der Waals surface area contributed by atoms with Crippen LogP contribution in [-0.2, 0) is 0 Å². The Hall–Kier alpha value is -3.78. The van der Waals surface area contributed by atoms with E-state index in [1.165, 1.54) is 21.3 Å². The van der Waals surface area contributed by atoms with Gasteiger partial charge in [0.25, 0.3) is 0 Å². The van der Waals surface area contributed by atoms with Gasteiger partial charge in [-0.05, 0) is 24.3 Å². The Labute approximate surface area is 183 Å². The van der Waals surface area contributed by atoms with E-state index >= 15 is 0 Å². The fourth-order valence-electron chi connectivity index (χ4n) is 3.17.